The Morgan fingerprint density at radius 1 is 0.783 bits per heavy atom. The molecule has 4 aromatic rings. The Kier molecular flexibility index (Phi) is 16.9. The first-order valence-corrected chi connectivity index (χ1v) is 21.1. The summed E-state index contributed by atoms with van der Waals surface area (Å²) < 4.78 is 24.1. The van der Waals surface area contributed by atoms with Crippen LogP contribution in [0.1, 0.15) is 85.9 Å². The van der Waals surface area contributed by atoms with Crippen molar-refractivity contribution in [2.45, 2.75) is 112 Å². The van der Waals surface area contributed by atoms with Crippen LogP contribution in [-0.4, -0.2) is 83.7 Å². The molecule has 0 radical (unpaired) electrons. The van der Waals surface area contributed by atoms with Crippen LogP contribution in [0.15, 0.2) is 72.8 Å². The average Bonchev–Trinajstić information content (AvgIpc) is 3.58. The molecule has 326 valence electrons. The van der Waals surface area contributed by atoms with Crippen molar-refractivity contribution in [2.75, 3.05) is 31.6 Å². The van der Waals surface area contributed by atoms with Crippen LogP contribution in [0.5, 0.6) is 5.75 Å². The summed E-state index contributed by atoms with van der Waals surface area (Å²) in [4.78, 5) is 60.9. The second-order valence-corrected chi connectivity index (χ2v) is 18.0. The zero-order valence-corrected chi connectivity index (χ0v) is 37.4. The van der Waals surface area contributed by atoms with Gasteiger partial charge in [-0.15, -0.1) is 0 Å². The third kappa shape index (κ3) is 15.4. The second kappa shape index (κ2) is 21.3. The van der Waals surface area contributed by atoms with Gasteiger partial charge >= 0.3 is 12.1 Å². The summed E-state index contributed by atoms with van der Waals surface area (Å²) in [5.74, 6) is -0.139. The van der Waals surface area contributed by atoms with Crippen molar-refractivity contribution >= 4 is 50.6 Å². The van der Waals surface area contributed by atoms with E-state index in [2.05, 4.69) is 21.3 Å². The summed E-state index contributed by atoms with van der Waals surface area (Å²) >= 11 is 1.29. The van der Waals surface area contributed by atoms with E-state index in [4.69, 9.17) is 23.9 Å². The van der Waals surface area contributed by atoms with Crippen molar-refractivity contribution in [3.8, 4) is 5.75 Å². The van der Waals surface area contributed by atoms with Gasteiger partial charge in [-0.3, -0.25) is 14.9 Å². The summed E-state index contributed by atoms with van der Waals surface area (Å²) in [7, 11) is 0. The molecule has 4 rings (SSSR count). The normalized spacial score (nSPS) is 12.4. The first kappa shape index (κ1) is 47.4. The van der Waals surface area contributed by atoms with E-state index in [1.165, 1.54) is 11.3 Å². The molecule has 14 nitrogen and oxygen atoms in total. The van der Waals surface area contributed by atoms with Crippen molar-refractivity contribution in [1.82, 2.24) is 25.8 Å². The third-order valence-corrected chi connectivity index (χ3v) is 9.79. The van der Waals surface area contributed by atoms with Gasteiger partial charge in [-0.2, -0.15) is 0 Å². The number of anilines is 1. The van der Waals surface area contributed by atoms with Gasteiger partial charge in [0, 0.05) is 39.3 Å². The van der Waals surface area contributed by atoms with Gasteiger partial charge < -0.3 is 39.8 Å². The molecule has 0 saturated heterocycles. The molecule has 60 heavy (non-hydrogen) atoms. The molecule has 1 aromatic heterocycles. The number of carbonyl (C=O) groups excluding carboxylic acids is 4. The zero-order valence-electron chi connectivity index (χ0n) is 36.6. The number of nitrogens with one attached hydrogen (secondary N) is 4. The molecule has 0 spiro atoms. The fraction of sp³-hybridized carbons (Fsp3) is 0.489. The minimum atomic E-state index is -1.11. The molecule has 0 aliphatic rings. The highest BCUT2D eigenvalue weighted by molar-refractivity contribution is 7.22. The Balaban J connectivity index is 1.64. The number of thiazole rings is 1. The molecule has 0 aliphatic carbocycles. The molecule has 5 amide bonds. The van der Waals surface area contributed by atoms with Gasteiger partial charge in [-0.1, -0.05) is 65.9 Å². The van der Waals surface area contributed by atoms with E-state index >= 15 is 4.79 Å². The number of fused-ring (bicyclic) bond motifs is 1. The summed E-state index contributed by atoms with van der Waals surface area (Å²) in [6.45, 7) is 19.5. The lowest BCUT2D eigenvalue weighted by Gasteiger charge is -2.33. The maximum absolute atomic E-state index is 15.0. The molecule has 0 bridgehead atoms. The summed E-state index contributed by atoms with van der Waals surface area (Å²) in [5.41, 5.74) is 0.827. The topological polar surface area (TPSA) is 169 Å². The van der Waals surface area contributed by atoms with Gasteiger partial charge in [0.15, 0.2) is 11.4 Å². The lowest BCUT2D eigenvalue weighted by atomic mass is 9.91. The quantitative estimate of drug-likeness (QED) is 0.0688. The molecular weight excluding hydrogens is 785 g/mol. The maximum Gasteiger partial charge on any atom is 0.413 e. The number of aromatic nitrogens is 1. The minimum Gasteiger partial charge on any atom is -0.488 e. The fourth-order valence-corrected chi connectivity index (χ4v) is 6.90. The number of hydrogen-bond acceptors (Lipinski definition) is 10. The summed E-state index contributed by atoms with van der Waals surface area (Å²) in [6.07, 6.45) is -1.24. The number of carbonyl (C=O) groups is 4. The second-order valence-electron chi connectivity index (χ2n) is 17.0. The van der Waals surface area contributed by atoms with E-state index in [1.807, 2.05) is 107 Å². The number of ether oxygens (including phenoxy) is 4. The fourth-order valence-electron chi connectivity index (χ4n) is 6.00. The molecule has 0 aliphatic heterocycles. The Labute approximate surface area is 358 Å². The highest BCUT2D eigenvalue weighted by Gasteiger charge is 2.35. The van der Waals surface area contributed by atoms with Gasteiger partial charge in [-0.05, 0) is 104 Å². The summed E-state index contributed by atoms with van der Waals surface area (Å²) in [5, 5.41) is 11.7. The molecule has 1 atom stereocenters. The lowest BCUT2D eigenvalue weighted by Crippen LogP contribution is -2.55. The predicted octanol–water partition coefficient (Wildman–Crippen LogP) is 7.80. The Hall–Kier alpha value is -5.25. The molecule has 0 saturated carbocycles. The lowest BCUT2D eigenvalue weighted by molar-refractivity contribution is -0.161. The largest absolute Gasteiger partial charge is 0.488 e. The van der Waals surface area contributed by atoms with E-state index in [-0.39, 0.29) is 32.0 Å². The zero-order chi connectivity index (χ0) is 44.1. The molecule has 0 fully saturated rings. The van der Waals surface area contributed by atoms with Gasteiger partial charge in [-0.25, -0.2) is 14.6 Å². The minimum absolute atomic E-state index is 0.00512. The van der Waals surface area contributed by atoms with Crippen LogP contribution < -0.4 is 26.0 Å². The van der Waals surface area contributed by atoms with Crippen molar-refractivity contribution in [1.29, 1.82) is 0 Å². The molecule has 1 unspecified atom stereocenters. The molecule has 3 aromatic carbocycles. The van der Waals surface area contributed by atoms with Crippen molar-refractivity contribution < 1.29 is 38.1 Å². The number of hydrogen-bond donors (Lipinski definition) is 4. The highest BCUT2D eigenvalue weighted by Crippen LogP contribution is 2.30. The summed E-state index contributed by atoms with van der Waals surface area (Å²) in [6, 6.07) is 21.1. The first-order chi connectivity index (χ1) is 28.2. The van der Waals surface area contributed by atoms with Crippen LogP contribution in [0.4, 0.5) is 14.7 Å². The van der Waals surface area contributed by atoms with E-state index < -0.39 is 47.0 Å². The van der Waals surface area contributed by atoms with Crippen LogP contribution in [-0.2, 0) is 43.3 Å². The van der Waals surface area contributed by atoms with Crippen LogP contribution in [0.25, 0.3) is 10.2 Å². The molecule has 15 heteroatoms. The number of amides is 5. The van der Waals surface area contributed by atoms with Gasteiger partial charge in [0.25, 0.3) is 0 Å². The van der Waals surface area contributed by atoms with Crippen LogP contribution >= 0.6 is 11.3 Å². The van der Waals surface area contributed by atoms with Gasteiger partial charge in [0.2, 0.25) is 11.8 Å². The van der Waals surface area contributed by atoms with Crippen molar-refractivity contribution in [3.63, 3.8) is 0 Å². The number of benzene rings is 3. The van der Waals surface area contributed by atoms with E-state index in [0.29, 0.717) is 41.7 Å². The van der Waals surface area contributed by atoms with Gasteiger partial charge in [0.1, 0.15) is 23.0 Å². The highest BCUT2D eigenvalue weighted by atomic mass is 32.1. The maximum atomic E-state index is 15.0. The average molecular weight is 847 g/mol. The number of rotatable bonds is 19. The Bertz CT molecular complexity index is 2020. The molecular formula is C45H62N6O8S. The monoisotopic (exact) mass is 846 g/mol. The SMILES string of the molecule is CCOC(CN(Cc1cccc2sc(NC(=O)OC(C)(C)C)nc12)C(=O)C(Cc1ccc(OC(C)(C)C)cc1)NC(=O)C(C)(C)CNC(=O)NCc1ccccc1)OCC. The van der Waals surface area contributed by atoms with E-state index in [1.54, 1.807) is 39.5 Å². The van der Waals surface area contributed by atoms with Gasteiger partial charge in [0.05, 0.1) is 22.2 Å². The van der Waals surface area contributed by atoms with Crippen molar-refractivity contribution in [3.05, 3.63) is 89.5 Å². The Morgan fingerprint density at radius 2 is 1.45 bits per heavy atom. The predicted molar refractivity (Wildman–Crippen MR) is 235 cm³/mol. The smallest absolute Gasteiger partial charge is 0.413 e. The Morgan fingerprint density at radius 3 is 2.07 bits per heavy atom. The van der Waals surface area contributed by atoms with Crippen LogP contribution in [0.2, 0.25) is 0 Å². The van der Waals surface area contributed by atoms with Crippen molar-refractivity contribution in [2.24, 2.45) is 5.41 Å². The van der Waals surface area contributed by atoms with Crippen LogP contribution in [0.3, 0.4) is 0 Å². The van der Waals surface area contributed by atoms with Crippen LogP contribution in [0, 0.1) is 5.41 Å². The molecule has 1 heterocycles. The first-order valence-electron chi connectivity index (χ1n) is 20.3. The number of para-hydroxylation sites is 1. The third-order valence-electron chi connectivity index (χ3n) is 8.85. The van der Waals surface area contributed by atoms with E-state index in [0.717, 1.165) is 15.8 Å². The number of urea groups is 1. The number of nitrogens with zero attached hydrogens (tertiary/aromatic N) is 2. The molecule has 4 N–H and O–H groups in total. The van der Waals surface area contributed by atoms with E-state index in [9.17, 15) is 14.4 Å². The standard InChI is InChI=1S/C45H62N6O8S/c1-11-56-36(57-12-2)28-51(27-32-19-16-20-35-37(32)49-41(60-35)50-42(55)59-44(6,7)8)38(52)34(25-30-21-23-33(24-22-30)58-43(3,4)5)48-39(53)45(9,10)29-47-40(54)46-26-31-17-14-13-15-18-31/h13-24,34,36H,11-12,25-29H2,1-10H3,(H,48,53)(H2,46,47,54)(H,49,50,55).